The molecule has 0 aromatic carbocycles. The Hall–Kier alpha value is -0.380. The van der Waals surface area contributed by atoms with Gasteiger partial charge < -0.3 is 0 Å². The van der Waals surface area contributed by atoms with Crippen LogP contribution >= 0.6 is 0 Å². The molecule has 0 amide bonds. The van der Waals surface area contributed by atoms with E-state index in [1.165, 1.54) is 12.8 Å². The van der Waals surface area contributed by atoms with Crippen LogP contribution in [0.5, 0.6) is 0 Å². The molecule has 3 nitrogen and oxygen atoms in total. The Morgan fingerprint density at radius 3 is 3.33 bits per heavy atom. The zero-order valence-corrected chi connectivity index (χ0v) is 7.15. The summed E-state index contributed by atoms with van der Waals surface area (Å²) in [5, 5.41) is 2.10. The van der Waals surface area contributed by atoms with Crippen molar-refractivity contribution in [2.45, 2.75) is 25.0 Å². The van der Waals surface area contributed by atoms with Gasteiger partial charge in [0.1, 0.15) is 0 Å². The van der Waals surface area contributed by atoms with E-state index in [4.69, 9.17) is 4.84 Å². The summed E-state index contributed by atoms with van der Waals surface area (Å²) in [7, 11) is 0. The van der Waals surface area contributed by atoms with E-state index in [9.17, 15) is 0 Å². The van der Waals surface area contributed by atoms with Gasteiger partial charge in [0.2, 0.25) is 0 Å². The molecule has 1 unspecified atom stereocenters. The second-order valence-corrected chi connectivity index (χ2v) is 3.83. The normalized spacial score (nSPS) is 46.2. The van der Waals surface area contributed by atoms with Crippen molar-refractivity contribution in [2.24, 2.45) is 0 Å². The first-order chi connectivity index (χ1) is 5.93. The zero-order valence-electron chi connectivity index (χ0n) is 7.15. The fourth-order valence-electron chi connectivity index (χ4n) is 2.42. The topological polar surface area (TPSA) is 15.7 Å². The minimum absolute atomic E-state index is 0.476. The van der Waals surface area contributed by atoms with Gasteiger partial charge in [0, 0.05) is 19.1 Å². The highest BCUT2D eigenvalue weighted by Crippen LogP contribution is 2.29. The fourth-order valence-corrected chi connectivity index (χ4v) is 2.42. The van der Waals surface area contributed by atoms with Gasteiger partial charge in [-0.2, -0.15) is 5.06 Å². The molecule has 3 aliphatic heterocycles. The van der Waals surface area contributed by atoms with E-state index in [-0.39, 0.29) is 0 Å². The first-order valence-electron chi connectivity index (χ1n) is 4.74. The van der Waals surface area contributed by atoms with Crippen LogP contribution in [0.15, 0.2) is 12.2 Å². The minimum Gasteiger partial charge on any atom is -0.293 e. The molecule has 0 aromatic rings. The average molecular weight is 166 g/mol. The van der Waals surface area contributed by atoms with Crippen molar-refractivity contribution in [3.63, 3.8) is 0 Å². The summed E-state index contributed by atoms with van der Waals surface area (Å²) in [5.41, 5.74) is 0. The van der Waals surface area contributed by atoms with Crippen molar-refractivity contribution in [1.29, 1.82) is 0 Å². The van der Waals surface area contributed by atoms with E-state index in [1.54, 1.807) is 0 Å². The van der Waals surface area contributed by atoms with Crippen LogP contribution in [-0.2, 0) is 4.84 Å². The molecular weight excluding hydrogens is 152 g/mol. The van der Waals surface area contributed by atoms with E-state index in [0.717, 1.165) is 19.8 Å². The monoisotopic (exact) mass is 166 g/mol. The van der Waals surface area contributed by atoms with Gasteiger partial charge in [0.05, 0.1) is 12.8 Å². The third-order valence-corrected chi connectivity index (χ3v) is 3.07. The number of hydroxylamine groups is 2. The van der Waals surface area contributed by atoms with Crippen LogP contribution < -0.4 is 0 Å². The summed E-state index contributed by atoms with van der Waals surface area (Å²) in [5.74, 6) is 0. The Labute approximate surface area is 72.5 Å². The van der Waals surface area contributed by atoms with Gasteiger partial charge in [0.25, 0.3) is 0 Å². The molecule has 66 valence electrons. The molecule has 0 radical (unpaired) electrons. The van der Waals surface area contributed by atoms with Crippen LogP contribution in [0, 0.1) is 0 Å². The van der Waals surface area contributed by atoms with Crippen LogP contribution in [-0.4, -0.2) is 41.9 Å². The summed E-state index contributed by atoms with van der Waals surface area (Å²) < 4.78 is 0. The predicted molar refractivity (Wildman–Crippen MR) is 45.3 cm³/mol. The number of hydrogen-bond donors (Lipinski definition) is 0. The predicted octanol–water partition coefficient (Wildman–Crippen LogP) is 0.594. The van der Waals surface area contributed by atoms with Crippen LogP contribution in [0.25, 0.3) is 0 Å². The largest absolute Gasteiger partial charge is 0.293 e. The number of nitrogens with zero attached hydrogens (tertiary/aromatic N) is 2. The summed E-state index contributed by atoms with van der Waals surface area (Å²) >= 11 is 0. The van der Waals surface area contributed by atoms with Gasteiger partial charge in [-0.05, 0) is 12.8 Å². The van der Waals surface area contributed by atoms with Crippen molar-refractivity contribution in [1.82, 2.24) is 9.96 Å². The van der Waals surface area contributed by atoms with Crippen molar-refractivity contribution >= 4 is 0 Å². The van der Waals surface area contributed by atoms with Crippen molar-refractivity contribution in [2.75, 3.05) is 19.8 Å². The lowest BCUT2D eigenvalue weighted by Crippen LogP contribution is -2.53. The Kier molecular flexibility index (Phi) is 1.50. The van der Waals surface area contributed by atoms with Crippen LogP contribution in [0.1, 0.15) is 12.8 Å². The van der Waals surface area contributed by atoms with Crippen molar-refractivity contribution in [3.05, 3.63) is 12.2 Å². The standard InChI is InChI=1S/C9H14N2O/c1-2-5-10-7-11-6-4-9(12-11)8(10)3-1/h1-2,8-9H,3-7H2/t8-,9-/m1/s1. The fraction of sp³-hybridized carbons (Fsp3) is 0.778. The molecule has 2 saturated heterocycles. The second-order valence-electron chi connectivity index (χ2n) is 3.83. The highest BCUT2D eigenvalue weighted by molar-refractivity contribution is 5.01. The Bertz CT molecular complexity index is 217. The first kappa shape index (κ1) is 7.06. The van der Waals surface area contributed by atoms with Gasteiger partial charge >= 0.3 is 0 Å². The lowest BCUT2D eigenvalue weighted by molar-refractivity contribution is -0.227. The van der Waals surface area contributed by atoms with E-state index in [2.05, 4.69) is 22.1 Å². The smallest absolute Gasteiger partial charge is 0.0965 e. The van der Waals surface area contributed by atoms with E-state index in [0.29, 0.717) is 12.1 Å². The van der Waals surface area contributed by atoms with Gasteiger partial charge in [-0.3, -0.25) is 9.74 Å². The summed E-state index contributed by atoms with van der Waals surface area (Å²) in [6.07, 6.45) is 7.43. The maximum Gasteiger partial charge on any atom is 0.0965 e. The molecule has 12 heavy (non-hydrogen) atoms. The second kappa shape index (κ2) is 2.55. The maximum absolute atomic E-state index is 5.72. The van der Waals surface area contributed by atoms with E-state index in [1.807, 2.05) is 0 Å². The van der Waals surface area contributed by atoms with Gasteiger partial charge in [-0.1, -0.05) is 12.2 Å². The summed E-state index contributed by atoms with van der Waals surface area (Å²) in [6, 6.07) is 0.661. The van der Waals surface area contributed by atoms with Gasteiger partial charge in [-0.25, -0.2) is 0 Å². The molecular formula is C9H14N2O. The van der Waals surface area contributed by atoms with Crippen molar-refractivity contribution in [3.8, 4) is 0 Å². The van der Waals surface area contributed by atoms with E-state index < -0.39 is 0 Å². The molecule has 0 aromatic heterocycles. The number of fused-ring (bicyclic) bond motifs is 4. The lowest BCUT2D eigenvalue weighted by Gasteiger charge is -2.41. The maximum atomic E-state index is 5.72. The van der Waals surface area contributed by atoms with E-state index >= 15 is 0 Å². The number of hydrogen-bond acceptors (Lipinski definition) is 3. The molecule has 0 N–H and O–H groups in total. The van der Waals surface area contributed by atoms with Crippen LogP contribution in [0.4, 0.5) is 0 Å². The highest BCUT2D eigenvalue weighted by Gasteiger charge is 2.40. The zero-order chi connectivity index (χ0) is 7.97. The van der Waals surface area contributed by atoms with Crippen LogP contribution in [0.3, 0.4) is 0 Å². The Balaban J connectivity index is 1.85. The quantitative estimate of drug-likeness (QED) is 0.490. The molecule has 3 rings (SSSR count). The average Bonchev–Trinajstić information content (AvgIpc) is 2.49. The molecule has 3 aliphatic rings. The summed E-state index contributed by atoms with van der Waals surface area (Å²) in [4.78, 5) is 8.24. The SMILES string of the molecule is C1=CCN2CN3CC[C@@H](O3)[C@H]2C1. The lowest BCUT2D eigenvalue weighted by atomic mass is 10.0. The third kappa shape index (κ3) is 0.937. The molecule has 3 heteroatoms. The molecule has 0 aliphatic carbocycles. The minimum atomic E-state index is 0.476. The Morgan fingerprint density at radius 2 is 2.33 bits per heavy atom. The first-order valence-corrected chi connectivity index (χ1v) is 4.74. The molecule has 0 spiro atoms. The third-order valence-electron chi connectivity index (χ3n) is 3.07. The molecule has 3 heterocycles. The molecule has 3 atom stereocenters. The van der Waals surface area contributed by atoms with Crippen molar-refractivity contribution < 1.29 is 4.84 Å². The Morgan fingerprint density at radius 1 is 1.33 bits per heavy atom. The molecule has 2 fully saturated rings. The highest BCUT2D eigenvalue weighted by atomic mass is 16.7. The number of rotatable bonds is 0. The molecule has 2 bridgehead atoms. The van der Waals surface area contributed by atoms with Gasteiger partial charge in [-0.15, -0.1) is 0 Å². The van der Waals surface area contributed by atoms with Gasteiger partial charge in [0.15, 0.2) is 0 Å². The van der Waals surface area contributed by atoms with Crippen LogP contribution in [0.2, 0.25) is 0 Å². The summed E-state index contributed by atoms with van der Waals surface area (Å²) in [6.45, 7) is 3.24. The molecule has 0 saturated carbocycles.